The summed E-state index contributed by atoms with van der Waals surface area (Å²) in [6, 6.07) is 6.20. The van der Waals surface area contributed by atoms with Gasteiger partial charge in [0.1, 0.15) is 0 Å². The molecule has 0 aliphatic rings. The van der Waals surface area contributed by atoms with Crippen LogP contribution in [0, 0.1) is 17.3 Å². The van der Waals surface area contributed by atoms with Gasteiger partial charge in [-0.3, -0.25) is 9.59 Å². The van der Waals surface area contributed by atoms with Crippen molar-refractivity contribution in [3.8, 4) is 11.5 Å². The lowest BCUT2D eigenvalue weighted by atomic mass is 9.85. The minimum atomic E-state index is -0.726. The van der Waals surface area contributed by atoms with Crippen molar-refractivity contribution in [1.29, 1.82) is 0 Å². The average molecular weight is 479 g/mol. The Hall–Kier alpha value is -2.28. The summed E-state index contributed by atoms with van der Waals surface area (Å²) in [5, 5.41) is 2.82. The normalized spacial score (nSPS) is 12.4. The summed E-state index contributed by atoms with van der Waals surface area (Å²) in [5.41, 5.74) is 5.87. The first-order chi connectivity index (χ1) is 16.1. The van der Waals surface area contributed by atoms with Gasteiger partial charge in [-0.05, 0) is 62.6 Å². The number of rotatable bonds is 18. The molecule has 0 aromatic heterocycles. The molecule has 7 heteroatoms. The number of nitrogens with two attached hydrogens (primary N) is 1. The van der Waals surface area contributed by atoms with E-state index in [0.717, 1.165) is 50.0 Å². The molecular formula is C27H46N2O5. The molecule has 7 nitrogen and oxygen atoms in total. The highest BCUT2D eigenvalue weighted by Gasteiger charge is 2.25. The molecule has 1 aromatic rings. The van der Waals surface area contributed by atoms with Gasteiger partial charge in [0.05, 0.1) is 19.1 Å². The van der Waals surface area contributed by atoms with Crippen molar-refractivity contribution in [2.24, 2.45) is 23.0 Å². The summed E-state index contributed by atoms with van der Waals surface area (Å²) in [5.74, 6) is 2.22. The Morgan fingerprint density at radius 2 is 1.76 bits per heavy atom. The van der Waals surface area contributed by atoms with E-state index in [0.29, 0.717) is 31.5 Å². The molecule has 1 aromatic carbocycles. The molecule has 0 unspecified atom stereocenters. The lowest BCUT2D eigenvalue weighted by molar-refractivity contribution is -0.127. The van der Waals surface area contributed by atoms with Crippen LogP contribution in [0.1, 0.15) is 71.8 Å². The molecule has 1 rings (SSSR count). The van der Waals surface area contributed by atoms with Gasteiger partial charge < -0.3 is 25.3 Å². The lowest BCUT2D eigenvalue weighted by Gasteiger charge is -2.22. The Balaban J connectivity index is 2.48. The fourth-order valence-corrected chi connectivity index (χ4v) is 3.68. The monoisotopic (exact) mass is 478 g/mol. The SMILES string of the molecule is COCCCOc1cc(C[C@@H](CCCCCC(=O)NCC(C)(C)C(N)=O)C(C)C)ccc1OC. The standard InChI is InChI=1S/C27H46N2O5/c1-20(2)22(11-8-7-9-12-25(30)29-19-27(3,4)26(28)31)17-21-13-14-23(33-6)24(18-21)34-16-10-15-32-5/h13-14,18,20,22H,7-12,15-17,19H2,1-6H3,(H2,28,31)(H,29,30)/t22-/m1/s1. The summed E-state index contributed by atoms with van der Waals surface area (Å²) in [6.45, 7) is 9.55. The maximum absolute atomic E-state index is 12.1. The summed E-state index contributed by atoms with van der Waals surface area (Å²) in [6.07, 6.45) is 6.34. The van der Waals surface area contributed by atoms with E-state index in [1.54, 1.807) is 28.1 Å². The highest BCUT2D eigenvalue weighted by Crippen LogP contribution is 2.31. The second-order valence-electron chi connectivity index (χ2n) is 10.0. The first kappa shape index (κ1) is 29.8. The zero-order valence-corrected chi connectivity index (χ0v) is 22.1. The van der Waals surface area contributed by atoms with Crippen LogP contribution < -0.4 is 20.5 Å². The third-order valence-electron chi connectivity index (χ3n) is 6.29. The van der Waals surface area contributed by atoms with Crippen LogP contribution in [0.4, 0.5) is 0 Å². The van der Waals surface area contributed by atoms with E-state index in [1.165, 1.54) is 5.56 Å². The number of hydrogen-bond donors (Lipinski definition) is 2. The number of hydrogen-bond acceptors (Lipinski definition) is 5. The van der Waals surface area contributed by atoms with Crippen molar-refractivity contribution in [3.05, 3.63) is 23.8 Å². The summed E-state index contributed by atoms with van der Waals surface area (Å²) >= 11 is 0. The maximum Gasteiger partial charge on any atom is 0.224 e. The minimum Gasteiger partial charge on any atom is -0.493 e. The summed E-state index contributed by atoms with van der Waals surface area (Å²) < 4.78 is 16.5. The molecule has 0 bridgehead atoms. The molecule has 1 atom stereocenters. The number of nitrogens with one attached hydrogen (secondary N) is 1. The highest BCUT2D eigenvalue weighted by molar-refractivity contribution is 5.82. The smallest absolute Gasteiger partial charge is 0.224 e. The lowest BCUT2D eigenvalue weighted by Crippen LogP contribution is -2.42. The predicted molar refractivity (Wildman–Crippen MR) is 136 cm³/mol. The average Bonchev–Trinajstić information content (AvgIpc) is 2.79. The summed E-state index contributed by atoms with van der Waals surface area (Å²) in [7, 11) is 3.35. The summed E-state index contributed by atoms with van der Waals surface area (Å²) in [4.78, 5) is 23.4. The molecular weight excluding hydrogens is 432 g/mol. The number of ether oxygens (including phenoxy) is 3. The second-order valence-corrected chi connectivity index (χ2v) is 10.0. The number of primary amides is 1. The third-order valence-corrected chi connectivity index (χ3v) is 6.29. The number of benzene rings is 1. The number of carbonyl (C=O) groups excluding carboxylic acids is 2. The number of methoxy groups -OCH3 is 2. The van der Waals surface area contributed by atoms with Crippen molar-refractivity contribution >= 4 is 11.8 Å². The van der Waals surface area contributed by atoms with Crippen molar-refractivity contribution in [2.45, 2.75) is 72.6 Å². The molecule has 34 heavy (non-hydrogen) atoms. The van der Waals surface area contributed by atoms with Crippen molar-refractivity contribution in [2.75, 3.05) is 34.0 Å². The van der Waals surface area contributed by atoms with Gasteiger partial charge in [0.25, 0.3) is 0 Å². The van der Waals surface area contributed by atoms with E-state index in [9.17, 15) is 9.59 Å². The van der Waals surface area contributed by atoms with Gasteiger partial charge in [0, 0.05) is 33.1 Å². The first-order valence-corrected chi connectivity index (χ1v) is 12.5. The van der Waals surface area contributed by atoms with Crippen LogP contribution in [0.5, 0.6) is 11.5 Å². The van der Waals surface area contributed by atoms with E-state index in [2.05, 4.69) is 31.3 Å². The quantitative estimate of drug-likeness (QED) is 0.303. The molecule has 0 aliphatic carbocycles. The Labute approximate surface area is 206 Å². The Bertz CT molecular complexity index is 749. The fraction of sp³-hybridized carbons (Fsp3) is 0.704. The van der Waals surface area contributed by atoms with E-state index in [1.807, 2.05) is 6.07 Å². The van der Waals surface area contributed by atoms with E-state index >= 15 is 0 Å². The van der Waals surface area contributed by atoms with Crippen molar-refractivity contribution < 1.29 is 23.8 Å². The molecule has 0 aliphatic heterocycles. The van der Waals surface area contributed by atoms with Crippen LogP contribution in [-0.2, 0) is 20.7 Å². The zero-order chi connectivity index (χ0) is 25.6. The molecule has 0 fully saturated rings. The third kappa shape index (κ3) is 11.2. The van der Waals surface area contributed by atoms with Crippen LogP contribution >= 0.6 is 0 Å². The number of carbonyl (C=O) groups is 2. The van der Waals surface area contributed by atoms with Gasteiger partial charge in [-0.1, -0.05) is 32.8 Å². The van der Waals surface area contributed by atoms with Crippen LogP contribution in [0.15, 0.2) is 18.2 Å². The predicted octanol–water partition coefficient (Wildman–Crippen LogP) is 4.50. The van der Waals surface area contributed by atoms with E-state index < -0.39 is 11.3 Å². The van der Waals surface area contributed by atoms with Gasteiger partial charge in [0.15, 0.2) is 11.5 Å². The molecule has 3 N–H and O–H groups in total. The number of amides is 2. The molecule has 0 saturated carbocycles. The molecule has 0 spiro atoms. The van der Waals surface area contributed by atoms with Crippen LogP contribution in [0.25, 0.3) is 0 Å². The highest BCUT2D eigenvalue weighted by atomic mass is 16.5. The van der Waals surface area contributed by atoms with Crippen LogP contribution in [0.2, 0.25) is 0 Å². The first-order valence-electron chi connectivity index (χ1n) is 12.5. The van der Waals surface area contributed by atoms with Crippen molar-refractivity contribution in [3.63, 3.8) is 0 Å². The second kappa shape index (κ2) is 15.6. The maximum atomic E-state index is 12.1. The zero-order valence-electron chi connectivity index (χ0n) is 22.1. The molecule has 0 heterocycles. The number of unbranched alkanes of at least 4 members (excludes halogenated alkanes) is 2. The Morgan fingerprint density at radius 1 is 1.03 bits per heavy atom. The van der Waals surface area contributed by atoms with Gasteiger partial charge in [0.2, 0.25) is 11.8 Å². The Morgan fingerprint density at radius 3 is 2.38 bits per heavy atom. The van der Waals surface area contributed by atoms with Gasteiger partial charge >= 0.3 is 0 Å². The molecule has 2 amide bonds. The molecule has 0 radical (unpaired) electrons. The largest absolute Gasteiger partial charge is 0.493 e. The van der Waals surface area contributed by atoms with Gasteiger partial charge in [-0.2, -0.15) is 0 Å². The molecule has 194 valence electrons. The molecule has 0 saturated heterocycles. The Kier molecular flexibility index (Phi) is 13.6. The minimum absolute atomic E-state index is 0.0222. The van der Waals surface area contributed by atoms with Gasteiger partial charge in [-0.25, -0.2) is 0 Å². The van der Waals surface area contributed by atoms with E-state index in [4.69, 9.17) is 19.9 Å². The van der Waals surface area contributed by atoms with Gasteiger partial charge in [-0.15, -0.1) is 0 Å². The van der Waals surface area contributed by atoms with Crippen molar-refractivity contribution in [1.82, 2.24) is 5.32 Å². The topological polar surface area (TPSA) is 99.9 Å². The van der Waals surface area contributed by atoms with Crippen LogP contribution in [0.3, 0.4) is 0 Å². The fourth-order valence-electron chi connectivity index (χ4n) is 3.68. The van der Waals surface area contributed by atoms with Crippen LogP contribution in [-0.4, -0.2) is 45.8 Å². The van der Waals surface area contributed by atoms with E-state index in [-0.39, 0.29) is 12.5 Å².